The van der Waals surface area contributed by atoms with Gasteiger partial charge in [-0.1, -0.05) is 182 Å². The summed E-state index contributed by atoms with van der Waals surface area (Å²) in [4.78, 5) is 2.40. The van der Waals surface area contributed by atoms with Crippen LogP contribution in [0.5, 0.6) is 0 Å². The minimum absolute atomic E-state index is 0.441. The van der Waals surface area contributed by atoms with Gasteiger partial charge in [-0.2, -0.15) is 0 Å². The summed E-state index contributed by atoms with van der Waals surface area (Å²) in [5.41, 5.74) is 23.3. The first-order valence-corrected chi connectivity index (χ1v) is 24.1. The molecule has 2 aliphatic rings. The highest BCUT2D eigenvalue weighted by Crippen LogP contribution is 2.63. The van der Waals surface area contributed by atoms with Crippen LogP contribution in [0.1, 0.15) is 22.3 Å². The van der Waals surface area contributed by atoms with Crippen LogP contribution in [0.15, 0.2) is 258 Å². The molecule has 0 saturated carbocycles. The molecular formula is C67H41NO2. The predicted octanol–water partition coefficient (Wildman–Crippen LogP) is 18.3. The molecule has 0 bridgehead atoms. The lowest BCUT2D eigenvalue weighted by molar-refractivity contribution is 0.670. The smallest absolute Gasteiger partial charge is 0.143 e. The van der Waals surface area contributed by atoms with E-state index in [-0.39, 0.29) is 0 Å². The van der Waals surface area contributed by atoms with Crippen molar-refractivity contribution in [2.75, 3.05) is 4.90 Å². The Morgan fingerprint density at radius 2 is 0.671 bits per heavy atom. The van der Waals surface area contributed by atoms with Gasteiger partial charge in [0.05, 0.1) is 5.41 Å². The molecule has 1 spiro atoms. The van der Waals surface area contributed by atoms with E-state index >= 15 is 0 Å². The number of anilines is 3. The summed E-state index contributed by atoms with van der Waals surface area (Å²) in [6, 6.07) is 90.5. The van der Waals surface area contributed by atoms with Crippen LogP contribution in [-0.4, -0.2) is 0 Å². The molecule has 0 fully saturated rings. The van der Waals surface area contributed by atoms with Crippen LogP contribution in [0.4, 0.5) is 17.1 Å². The first-order valence-electron chi connectivity index (χ1n) is 24.1. The standard InChI is InChI=1S/C67H41NO2/c1-2-16-46(17-3-1)68(48-36-37-54-53-20-6-11-29-61(53)67(62(54)41-48)59-27-9-4-18-51(59)52-19-5-10-28-60(52)67)47-34-32-42(33-35-47)43-38-44(49-23-14-25-57-55-21-7-12-30-63(55)69-65(49)57)40-45(39-43)50-24-15-26-58-56-22-8-13-31-64(56)70-66(50)58/h1-41H. The van der Waals surface area contributed by atoms with E-state index in [2.05, 4.69) is 241 Å². The average Bonchev–Trinajstić information content (AvgIpc) is 4.17. The van der Waals surface area contributed by atoms with Gasteiger partial charge in [0.25, 0.3) is 0 Å². The van der Waals surface area contributed by atoms with Gasteiger partial charge >= 0.3 is 0 Å². The topological polar surface area (TPSA) is 29.5 Å². The molecule has 326 valence electrons. The summed E-state index contributed by atoms with van der Waals surface area (Å²) >= 11 is 0. The highest BCUT2D eigenvalue weighted by molar-refractivity contribution is 6.12. The lowest BCUT2D eigenvalue weighted by Gasteiger charge is -2.32. The summed E-state index contributed by atoms with van der Waals surface area (Å²) in [7, 11) is 0. The van der Waals surface area contributed by atoms with Gasteiger partial charge in [0.1, 0.15) is 22.3 Å². The van der Waals surface area contributed by atoms with Crippen LogP contribution in [-0.2, 0) is 5.41 Å². The van der Waals surface area contributed by atoms with Gasteiger partial charge in [0.15, 0.2) is 0 Å². The lowest BCUT2D eigenvalue weighted by Crippen LogP contribution is -2.26. The van der Waals surface area contributed by atoms with Crippen LogP contribution < -0.4 is 4.90 Å². The normalized spacial score (nSPS) is 13.0. The zero-order chi connectivity index (χ0) is 45.9. The van der Waals surface area contributed by atoms with Crippen LogP contribution in [0.25, 0.3) is 99.5 Å². The van der Waals surface area contributed by atoms with Crippen molar-refractivity contribution >= 4 is 60.9 Å². The largest absolute Gasteiger partial charge is 0.455 e. The third kappa shape index (κ3) is 5.52. The third-order valence-electron chi connectivity index (χ3n) is 15.1. The Labute approximate surface area is 404 Å². The number of rotatable bonds is 6. The van der Waals surface area contributed by atoms with E-state index in [9.17, 15) is 0 Å². The summed E-state index contributed by atoms with van der Waals surface area (Å²) in [5, 5.41) is 4.43. The van der Waals surface area contributed by atoms with Crippen molar-refractivity contribution < 1.29 is 8.83 Å². The van der Waals surface area contributed by atoms with Crippen LogP contribution in [0, 0.1) is 0 Å². The second kappa shape index (κ2) is 14.9. The fraction of sp³-hybridized carbons (Fsp3) is 0.0149. The van der Waals surface area contributed by atoms with Crippen molar-refractivity contribution in [2.45, 2.75) is 5.41 Å². The van der Waals surface area contributed by atoms with E-state index in [1.165, 1.54) is 44.5 Å². The predicted molar refractivity (Wildman–Crippen MR) is 288 cm³/mol. The molecule has 15 rings (SSSR count). The SMILES string of the molecule is c1ccc(N(c2ccc(-c3cc(-c4cccc5c4oc4ccccc45)cc(-c4cccc5c4oc4ccccc45)c3)cc2)c2ccc3c(c2)C2(c4ccccc4-c4ccccc42)c2ccccc2-3)cc1. The second-order valence-electron chi connectivity index (χ2n) is 18.7. The first-order chi connectivity index (χ1) is 34.7. The van der Waals surface area contributed by atoms with E-state index in [1.54, 1.807) is 0 Å². The molecule has 3 heteroatoms. The number of benzene rings is 11. The van der Waals surface area contributed by atoms with E-state index in [0.717, 1.165) is 94.3 Å². The summed E-state index contributed by atoms with van der Waals surface area (Å²) in [6.07, 6.45) is 0. The van der Waals surface area contributed by atoms with Gasteiger partial charge in [0.2, 0.25) is 0 Å². The van der Waals surface area contributed by atoms with Crippen molar-refractivity contribution in [3.05, 3.63) is 271 Å². The molecule has 70 heavy (non-hydrogen) atoms. The Bertz CT molecular complexity index is 4050. The number of fused-ring (bicyclic) bond motifs is 16. The monoisotopic (exact) mass is 891 g/mol. The van der Waals surface area contributed by atoms with Crippen molar-refractivity contribution in [1.29, 1.82) is 0 Å². The van der Waals surface area contributed by atoms with Crippen molar-refractivity contribution in [3.63, 3.8) is 0 Å². The molecule has 0 unspecified atom stereocenters. The fourth-order valence-electron chi connectivity index (χ4n) is 12.1. The molecule has 2 aromatic heterocycles. The highest BCUT2D eigenvalue weighted by atomic mass is 16.3. The van der Waals surface area contributed by atoms with E-state index < -0.39 is 5.41 Å². The van der Waals surface area contributed by atoms with Gasteiger partial charge in [-0.25, -0.2) is 0 Å². The molecule has 0 radical (unpaired) electrons. The average molecular weight is 892 g/mol. The van der Waals surface area contributed by atoms with Crippen molar-refractivity contribution in [3.8, 4) is 55.6 Å². The molecule has 11 aromatic carbocycles. The summed E-state index contributed by atoms with van der Waals surface area (Å²) in [5.74, 6) is 0. The van der Waals surface area contributed by atoms with Crippen LogP contribution in [0.2, 0.25) is 0 Å². The Kier molecular flexibility index (Phi) is 8.28. The van der Waals surface area contributed by atoms with Gasteiger partial charge < -0.3 is 13.7 Å². The molecular weight excluding hydrogens is 851 g/mol. The van der Waals surface area contributed by atoms with E-state index in [1.807, 2.05) is 12.1 Å². The van der Waals surface area contributed by atoms with Gasteiger partial charge in [-0.3, -0.25) is 0 Å². The minimum atomic E-state index is -0.441. The van der Waals surface area contributed by atoms with Crippen molar-refractivity contribution in [1.82, 2.24) is 0 Å². The molecule has 0 atom stereocenters. The fourth-order valence-corrected chi connectivity index (χ4v) is 12.1. The maximum absolute atomic E-state index is 6.65. The summed E-state index contributed by atoms with van der Waals surface area (Å²) < 4.78 is 13.3. The quantitative estimate of drug-likeness (QED) is 0.167. The highest BCUT2D eigenvalue weighted by Gasteiger charge is 2.51. The summed E-state index contributed by atoms with van der Waals surface area (Å²) in [6.45, 7) is 0. The van der Waals surface area contributed by atoms with Gasteiger partial charge in [-0.05, 0) is 133 Å². The molecule has 0 aliphatic heterocycles. The molecule has 13 aromatic rings. The Morgan fingerprint density at radius 1 is 0.257 bits per heavy atom. The Balaban J connectivity index is 0.901. The molecule has 0 saturated heterocycles. The zero-order valence-electron chi connectivity index (χ0n) is 37.9. The number of para-hydroxylation sites is 5. The van der Waals surface area contributed by atoms with Crippen LogP contribution in [0.3, 0.4) is 0 Å². The van der Waals surface area contributed by atoms with E-state index in [0.29, 0.717) is 0 Å². The maximum Gasteiger partial charge on any atom is 0.143 e. The molecule has 3 nitrogen and oxygen atoms in total. The van der Waals surface area contributed by atoms with Crippen LogP contribution >= 0.6 is 0 Å². The number of hydrogen-bond acceptors (Lipinski definition) is 3. The van der Waals surface area contributed by atoms with Gasteiger partial charge in [0, 0.05) is 49.7 Å². The molecule has 2 heterocycles. The Morgan fingerprint density at radius 3 is 1.23 bits per heavy atom. The zero-order valence-corrected chi connectivity index (χ0v) is 37.9. The molecule has 2 aliphatic carbocycles. The van der Waals surface area contributed by atoms with E-state index in [4.69, 9.17) is 8.83 Å². The first kappa shape index (κ1) is 38.9. The minimum Gasteiger partial charge on any atom is -0.455 e. The number of hydrogen-bond donors (Lipinski definition) is 0. The van der Waals surface area contributed by atoms with Gasteiger partial charge in [-0.15, -0.1) is 0 Å². The van der Waals surface area contributed by atoms with Crippen molar-refractivity contribution in [2.24, 2.45) is 0 Å². The lowest BCUT2D eigenvalue weighted by atomic mass is 9.70. The number of furan rings is 2. The third-order valence-corrected chi connectivity index (χ3v) is 15.1. The Hall–Kier alpha value is -9.18. The maximum atomic E-state index is 6.65. The number of nitrogens with zero attached hydrogens (tertiary/aromatic N) is 1. The molecule has 0 N–H and O–H groups in total. The molecule has 0 amide bonds. The second-order valence-corrected chi connectivity index (χ2v) is 18.7.